The fourth-order valence-electron chi connectivity index (χ4n) is 2.12. The third kappa shape index (κ3) is 4.33. The zero-order valence-electron chi connectivity index (χ0n) is 14.6. The van der Waals surface area contributed by atoms with Gasteiger partial charge in [0.1, 0.15) is 13.1 Å². The Morgan fingerprint density at radius 1 is 0.667 bits per heavy atom. The van der Waals surface area contributed by atoms with Gasteiger partial charge in [0.15, 0.2) is 0 Å². The Labute approximate surface area is 162 Å². The van der Waals surface area contributed by atoms with E-state index in [1.807, 2.05) is 11.8 Å². The lowest BCUT2D eigenvalue weighted by atomic mass is 9.92. The van der Waals surface area contributed by atoms with Gasteiger partial charge in [0, 0.05) is 0 Å². The van der Waals surface area contributed by atoms with Crippen LogP contribution in [0.1, 0.15) is 6.42 Å². The average Bonchev–Trinajstić information content (AvgIpc) is 2.58. The molecule has 0 aliphatic carbocycles. The molecule has 1 nitrogen and oxygen atoms in total. The van der Waals surface area contributed by atoms with Crippen molar-refractivity contribution in [1.82, 2.24) is 0 Å². The molecule has 0 aromatic rings. The van der Waals surface area contributed by atoms with Crippen molar-refractivity contribution < 1.29 is 61.6 Å². The van der Waals surface area contributed by atoms with Crippen LogP contribution in [0.4, 0.5) is 57.1 Å². The van der Waals surface area contributed by atoms with Crippen molar-refractivity contribution in [2.24, 2.45) is 0 Å². The van der Waals surface area contributed by atoms with E-state index < -0.39 is 66.3 Å². The summed E-state index contributed by atoms with van der Waals surface area (Å²) in [5, 5.41) is 0. The molecule has 0 aliphatic rings. The molecular formula is C16H13F13N+. The first-order valence-electron chi connectivity index (χ1n) is 7.46. The zero-order valence-corrected chi connectivity index (χ0v) is 14.6. The van der Waals surface area contributed by atoms with Crippen LogP contribution >= 0.6 is 0 Å². The third-order valence-electron chi connectivity index (χ3n) is 4.07. The standard InChI is InChI=1S/C16H13F13N/c1-4-8-30(6-3,9-5-2)10-7-11(17,18)12(19,20)13(21,22)14(23,24)15(25,26)16(27,28)29/h1-2,6H,3,7-10H2/q+1. The van der Waals surface area contributed by atoms with E-state index in [9.17, 15) is 57.1 Å². The predicted octanol–water partition coefficient (Wildman–Crippen LogP) is 5.34. The molecule has 0 fully saturated rings. The Morgan fingerprint density at radius 2 is 1.03 bits per heavy atom. The minimum atomic E-state index is -7.92. The molecule has 0 heterocycles. The van der Waals surface area contributed by atoms with E-state index in [4.69, 9.17) is 12.8 Å². The van der Waals surface area contributed by atoms with Crippen molar-refractivity contribution in [3.63, 3.8) is 0 Å². The van der Waals surface area contributed by atoms with Gasteiger partial charge in [-0.25, -0.2) is 0 Å². The van der Waals surface area contributed by atoms with E-state index in [1.165, 1.54) is 0 Å². The monoisotopic (exact) mass is 466 g/mol. The van der Waals surface area contributed by atoms with Crippen LogP contribution in [0.5, 0.6) is 0 Å². The van der Waals surface area contributed by atoms with Crippen molar-refractivity contribution in [3.05, 3.63) is 12.8 Å². The first-order valence-corrected chi connectivity index (χ1v) is 7.46. The minimum absolute atomic E-state index is 0.589. The Hall–Kier alpha value is -2.09. The maximum Gasteiger partial charge on any atom is 0.460 e. The molecule has 0 N–H and O–H groups in total. The second-order valence-electron chi connectivity index (χ2n) is 6.10. The maximum absolute atomic E-state index is 13.8. The Balaban J connectivity index is 6.17. The number of hydrogen-bond donors (Lipinski definition) is 0. The van der Waals surface area contributed by atoms with Crippen LogP contribution < -0.4 is 0 Å². The summed E-state index contributed by atoms with van der Waals surface area (Å²) in [5.74, 6) is -33.2. The van der Waals surface area contributed by atoms with Crippen molar-refractivity contribution in [2.75, 3.05) is 19.6 Å². The summed E-state index contributed by atoms with van der Waals surface area (Å²) < 4.78 is 169. The fraction of sp³-hybridized carbons (Fsp3) is 0.625. The molecule has 14 heteroatoms. The van der Waals surface area contributed by atoms with Crippen LogP contribution in [-0.2, 0) is 0 Å². The van der Waals surface area contributed by atoms with Crippen molar-refractivity contribution >= 4 is 0 Å². The molecule has 0 saturated carbocycles. The molecule has 0 amide bonds. The number of nitrogens with zero attached hydrogens (tertiary/aromatic N) is 1. The molecule has 0 aromatic heterocycles. The first kappa shape index (κ1) is 27.9. The van der Waals surface area contributed by atoms with Crippen LogP contribution in [0.15, 0.2) is 12.8 Å². The fourth-order valence-corrected chi connectivity index (χ4v) is 2.12. The molecule has 0 bridgehead atoms. The van der Waals surface area contributed by atoms with Crippen molar-refractivity contribution in [1.29, 1.82) is 0 Å². The van der Waals surface area contributed by atoms with Gasteiger partial charge in [-0.3, -0.25) is 4.48 Å². The summed E-state index contributed by atoms with van der Waals surface area (Å²) >= 11 is 0. The van der Waals surface area contributed by atoms with Crippen LogP contribution in [0.2, 0.25) is 0 Å². The van der Waals surface area contributed by atoms with Gasteiger partial charge in [-0.1, -0.05) is 0 Å². The maximum atomic E-state index is 13.8. The van der Waals surface area contributed by atoms with Crippen LogP contribution in [0.25, 0.3) is 0 Å². The molecule has 0 spiro atoms. The van der Waals surface area contributed by atoms with E-state index in [-0.39, 0.29) is 0 Å². The average molecular weight is 466 g/mol. The molecule has 0 aromatic carbocycles. The quantitative estimate of drug-likeness (QED) is 0.232. The molecule has 0 saturated heterocycles. The van der Waals surface area contributed by atoms with Gasteiger partial charge in [-0.2, -0.15) is 57.1 Å². The Morgan fingerprint density at radius 3 is 1.33 bits per heavy atom. The number of hydrogen-bond acceptors (Lipinski definition) is 0. The van der Waals surface area contributed by atoms with Crippen molar-refractivity contribution in [3.8, 4) is 24.7 Å². The second kappa shape index (κ2) is 8.21. The lowest BCUT2D eigenvalue weighted by molar-refractivity contribution is -0.866. The second-order valence-corrected chi connectivity index (χ2v) is 6.10. The molecular weight excluding hydrogens is 453 g/mol. The number of halogens is 13. The van der Waals surface area contributed by atoms with E-state index in [0.29, 0.717) is 0 Å². The summed E-state index contributed by atoms with van der Waals surface area (Å²) in [5.41, 5.74) is 0. The van der Waals surface area contributed by atoms with Gasteiger partial charge in [0.2, 0.25) is 0 Å². The summed E-state index contributed by atoms with van der Waals surface area (Å²) in [4.78, 5) is 0. The SMILES string of the molecule is C#CC[N+](C=C)(CC#C)CCC(F)(F)C(F)(F)C(F)(F)C(F)(F)C(F)(F)C(F)(F)F. The highest BCUT2D eigenvalue weighted by Crippen LogP contribution is 2.60. The van der Waals surface area contributed by atoms with Gasteiger partial charge in [0.25, 0.3) is 0 Å². The minimum Gasteiger partial charge on any atom is -0.277 e. The van der Waals surface area contributed by atoms with Crippen LogP contribution in [-0.4, -0.2) is 59.9 Å². The highest BCUT2D eigenvalue weighted by atomic mass is 19.4. The summed E-state index contributed by atoms with van der Waals surface area (Å²) in [6.07, 6.45) is 0.795. The van der Waals surface area contributed by atoms with Gasteiger partial charge < -0.3 is 0 Å². The van der Waals surface area contributed by atoms with E-state index in [0.717, 1.165) is 6.20 Å². The van der Waals surface area contributed by atoms with Gasteiger partial charge in [0.05, 0.1) is 19.2 Å². The normalized spacial score (nSPS) is 14.8. The van der Waals surface area contributed by atoms with Gasteiger partial charge in [-0.05, 0) is 18.4 Å². The number of terminal acetylenes is 2. The van der Waals surface area contributed by atoms with Crippen molar-refractivity contribution in [2.45, 2.75) is 42.2 Å². The third-order valence-corrected chi connectivity index (χ3v) is 4.07. The number of alkyl halides is 13. The largest absolute Gasteiger partial charge is 0.460 e. The Kier molecular flexibility index (Phi) is 7.64. The highest BCUT2D eigenvalue weighted by molar-refractivity contribution is 5.10. The molecule has 0 rings (SSSR count). The summed E-state index contributed by atoms with van der Waals surface area (Å²) in [7, 11) is 0. The topological polar surface area (TPSA) is 0 Å². The number of quaternary nitrogens is 1. The molecule has 172 valence electrons. The summed E-state index contributed by atoms with van der Waals surface area (Å²) in [6, 6.07) is 0. The van der Waals surface area contributed by atoms with E-state index in [2.05, 4.69) is 6.58 Å². The smallest absolute Gasteiger partial charge is 0.277 e. The van der Waals surface area contributed by atoms with Gasteiger partial charge in [-0.15, -0.1) is 12.8 Å². The van der Waals surface area contributed by atoms with Crippen LogP contribution in [0.3, 0.4) is 0 Å². The lowest BCUT2D eigenvalue weighted by Gasteiger charge is -2.40. The molecule has 0 aliphatic heterocycles. The van der Waals surface area contributed by atoms with Crippen LogP contribution in [0, 0.1) is 24.7 Å². The molecule has 0 unspecified atom stereocenters. The Bertz CT molecular complexity index is 690. The van der Waals surface area contributed by atoms with E-state index >= 15 is 0 Å². The zero-order chi connectivity index (χ0) is 24.4. The molecule has 0 radical (unpaired) electrons. The first-order chi connectivity index (χ1) is 13.1. The predicted molar refractivity (Wildman–Crippen MR) is 78.1 cm³/mol. The lowest BCUT2D eigenvalue weighted by Crippen LogP contribution is -2.70. The number of rotatable bonds is 10. The van der Waals surface area contributed by atoms with Gasteiger partial charge >= 0.3 is 35.8 Å². The summed E-state index contributed by atoms with van der Waals surface area (Å²) in [6.45, 7) is 0.651. The molecule has 0 atom stereocenters. The highest BCUT2D eigenvalue weighted by Gasteiger charge is 2.90. The van der Waals surface area contributed by atoms with E-state index in [1.54, 1.807) is 0 Å². The molecule has 30 heavy (non-hydrogen) atoms.